The summed E-state index contributed by atoms with van der Waals surface area (Å²) in [7, 11) is 0. The maximum atomic E-state index is 12.8. The van der Waals surface area contributed by atoms with Crippen LogP contribution in [0.15, 0.2) is 82.6 Å². The molecule has 1 N–H and O–H groups in total. The van der Waals surface area contributed by atoms with E-state index in [0.717, 1.165) is 21.0 Å². The van der Waals surface area contributed by atoms with Crippen molar-refractivity contribution in [3.05, 3.63) is 94.0 Å². The van der Waals surface area contributed by atoms with Gasteiger partial charge in [0.1, 0.15) is 0 Å². The maximum absolute atomic E-state index is 12.8. The van der Waals surface area contributed by atoms with E-state index in [1.165, 1.54) is 0 Å². The van der Waals surface area contributed by atoms with Gasteiger partial charge in [0.25, 0.3) is 0 Å². The van der Waals surface area contributed by atoms with E-state index in [1.54, 1.807) is 6.07 Å². The van der Waals surface area contributed by atoms with Gasteiger partial charge in [-0.25, -0.2) is 0 Å². The average Bonchev–Trinajstić information content (AvgIpc) is 2.67. The minimum atomic E-state index is -1.30. The Morgan fingerprint density at radius 1 is 0.962 bits per heavy atom. The summed E-state index contributed by atoms with van der Waals surface area (Å²) in [4.78, 5) is 1.37. The molecule has 0 aliphatic heterocycles. The summed E-state index contributed by atoms with van der Waals surface area (Å²) in [5, 5.41) is 4.71. The van der Waals surface area contributed by atoms with Crippen molar-refractivity contribution in [2.75, 3.05) is 0 Å². The van der Waals surface area contributed by atoms with Crippen molar-refractivity contribution >= 4 is 34.4 Å². The van der Waals surface area contributed by atoms with Crippen LogP contribution in [0.3, 0.4) is 0 Å². The van der Waals surface area contributed by atoms with Crippen molar-refractivity contribution < 1.29 is 4.55 Å². The largest absolute Gasteiger partial charge is 0.606 e. The maximum Gasteiger partial charge on any atom is 0.177 e. The van der Waals surface area contributed by atoms with E-state index >= 15 is 0 Å². The standard InChI is InChI=1S/C21H19Cl2NOS/c1-15(17-6-5-7-18(22)13-17)24-14-16-10-11-20(23)21(12-16)26(25)19-8-3-2-4-9-19/h2-13,15,24H,14H2,1H3/t15-,26?/m1/s1. The van der Waals surface area contributed by atoms with Crippen molar-refractivity contribution in [2.45, 2.75) is 29.3 Å². The third-order valence-corrected chi connectivity index (χ3v) is 6.23. The fraction of sp³-hybridized carbons (Fsp3) is 0.143. The molecule has 0 aromatic heterocycles. The molecule has 0 spiro atoms. The first-order chi connectivity index (χ1) is 12.5. The first-order valence-corrected chi connectivity index (χ1v) is 10.2. The summed E-state index contributed by atoms with van der Waals surface area (Å²) in [6.07, 6.45) is 0. The van der Waals surface area contributed by atoms with Gasteiger partial charge in [-0.05, 0) is 54.4 Å². The molecule has 3 aromatic rings. The number of halogens is 2. The molecule has 2 nitrogen and oxygen atoms in total. The Morgan fingerprint density at radius 2 is 1.73 bits per heavy atom. The van der Waals surface area contributed by atoms with E-state index in [2.05, 4.69) is 12.2 Å². The summed E-state index contributed by atoms with van der Waals surface area (Å²) in [5.41, 5.74) is 2.15. The zero-order chi connectivity index (χ0) is 18.5. The van der Waals surface area contributed by atoms with Crippen LogP contribution in [-0.2, 0) is 17.7 Å². The van der Waals surface area contributed by atoms with Crippen molar-refractivity contribution in [3.8, 4) is 0 Å². The molecule has 0 saturated heterocycles. The van der Waals surface area contributed by atoms with E-state index in [0.29, 0.717) is 16.5 Å². The molecule has 0 aliphatic carbocycles. The molecule has 0 saturated carbocycles. The zero-order valence-corrected chi connectivity index (χ0v) is 16.6. The van der Waals surface area contributed by atoms with Crippen molar-refractivity contribution in [3.63, 3.8) is 0 Å². The van der Waals surface area contributed by atoms with Crippen LogP contribution in [0.5, 0.6) is 0 Å². The number of rotatable bonds is 6. The second-order valence-corrected chi connectivity index (χ2v) is 8.30. The highest BCUT2D eigenvalue weighted by molar-refractivity contribution is 7.91. The Morgan fingerprint density at radius 3 is 2.46 bits per heavy atom. The van der Waals surface area contributed by atoms with Crippen LogP contribution in [-0.4, -0.2) is 4.55 Å². The van der Waals surface area contributed by atoms with Gasteiger partial charge in [0, 0.05) is 28.8 Å². The highest BCUT2D eigenvalue weighted by Crippen LogP contribution is 2.28. The van der Waals surface area contributed by atoms with E-state index in [4.69, 9.17) is 23.2 Å². The highest BCUT2D eigenvalue weighted by Gasteiger charge is 2.19. The van der Waals surface area contributed by atoms with Gasteiger partial charge in [-0.15, -0.1) is 0 Å². The molecule has 0 radical (unpaired) electrons. The minimum absolute atomic E-state index is 0.146. The lowest BCUT2D eigenvalue weighted by atomic mass is 10.1. The smallest absolute Gasteiger partial charge is 0.177 e. The average molecular weight is 404 g/mol. The van der Waals surface area contributed by atoms with Crippen LogP contribution in [0.2, 0.25) is 10.0 Å². The molecule has 0 amide bonds. The summed E-state index contributed by atoms with van der Waals surface area (Å²) in [6.45, 7) is 2.73. The van der Waals surface area contributed by atoms with Crippen LogP contribution < -0.4 is 5.32 Å². The quantitative estimate of drug-likeness (QED) is 0.511. The molecular formula is C21H19Cl2NOS. The summed E-state index contributed by atoms with van der Waals surface area (Å²) in [6, 6.07) is 23.0. The van der Waals surface area contributed by atoms with Crippen LogP contribution >= 0.6 is 23.2 Å². The van der Waals surface area contributed by atoms with Gasteiger partial charge >= 0.3 is 0 Å². The Bertz CT molecular complexity index is 873. The Hall–Kier alpha value is -1.49. The van der Waals surface area contributed by atoms with Crippen LogP contribution in [0.4, 0.5) is 0 Å². The zero-order valence-electron chi connectivity index (χ0n) is 14.3. The lowest BCUT2D eigenvalue weighted by molar-refractivity contribution is 0.573. The molecule has 2 atom stereocenters. The lowest BCUT2D eigenvalue weighted by Crippen LogP contribution is -2.18. The first-order valence-electron chi connectivity index (χ1n) is 8.28. The highest BCUT2D eigenvalue weighted by atomic mass is 35.5. The third kappa shape index (κ3) is 4.81. The normalized spacial score (nSPS) is 13.4. The Labute approximate surface area is 167 Å². The topological polar surface area (TPSA) is 35.1 Å². The number of benzene rings is 3. The van der Waals surface area contributed by atoms with Gasteiger partial charge in [-0.3, -0.25) is 0 Å². The van der Waals surface area contributed by atoms with Crippen LogP contribution in [0, 0.1) is 0 Å². The van der Waals surface area contributed by atoms with Gasteiger partial charge in [-0.2, -0.15) is 0 Å². The Balaban J connectivity index is 1.73. The van der Waals surface area contributed by atoms with Crippen LogP contribution in [0.25, 0.3) is 0 Å². The molecule has 3 rings (SSSR count). The molecule has 0 fully saturated rings. The van der Waals surface area contributed by atoms with Crippen molar-refractivity contribution in [2.24, 2.45) is 0 Å². The third-order valence-electron chi connectivity index (χ3n) is 4.11. The van der Waals surface area contributed by atoms with Gasteiger partial charge < -0.3 is 9.87 Å². The second-order valence-electron chi connectivity index (χ2n) is 6.00. The van der Waals surface area contributed by atoms with Gasteiger partial charge in [-0.1, -0.05) is 59.6 Å². The molecular weight excluding hydrogens is 385 g/mol. The summed E-state index contributed by atoms with van der Waals surface area (Å²) < 4.78 is 12.8. The second kappa shape index (κ2) is 8.94. The van der Waals surface area contributed by atoms with Crippen molar-refractivity contribution in [1.29, 1.82) is 0 Å². The molecule has 134 valence electrons. The van der Waals surface area contributed by atoms with E-state index in [-0.39, 0.29) is 6.04 Å². The van der Waals surface area contributed by atoms with Crippen molar-refractivity contribution in [1.82, 2.24) is 5.32 Å². The fourth-order valence-electron chi connectivity index (χ4n) is 2.64. The monoisotopic (exact) mass is 403 g/mol. The minimum Gasteiger partial charge on any atom is -0.606 e. The first kappa shape index (κ1) is 19.3. The van der Waals surface area contributed by atoms with Gasteiger partial charge in [0.05, 0.1) is 5.02 Å². The molecule has 0 bridgehead atoms. The van der Waals surface area contributed by atoms with Gasteiger partial charge in [0.15, 0.2) is 9.79 Å². The SMILES string of the molecule is C[C@@H](NCc1ccc(Cl)c([S+]([O-])c2ccccc2)c1)c1cccc(Cl)c1. The van der Waals surface area contributed by atoms with Crippen LogP contribution in [0.1, 0.15) is 24.1 Å². The number of hydrogen-bond acceptors (Lipinski definition) is 2. The molecule has 1 unspecified atom stereocenters. The Kier molecular flexibility index (Phi) is 6.63. The summed E-state index contributed by atoms with van der Waals surface area (Å²) >= 11 is 11.1. The van der Waals surface area contributed by atoms with Gasteiger partial charge in [0.2, 0.25) is 0 Å². The lowest BCUT2D eigenvalue weighted by Gasteiger charge is -2.16. The molecule has 0 heterocycles. The van der Waals surface area contributed by atoms with E-state index < -0.39 is 11.2 Å². The molecule has 5 heteroatoms. The fourth-order valence-corrected chi connectivity index (χ4v) is 4.32. The predicted octanol–water partition coefficient (Wildman–Crippen LogP) is 6.01. The number of hydrogen-bond donors (Lipinski definition) is 1. The molecule has 3 aromatic carbocycles. The number of nitrogens with one attached hydrogen (secondary N) is 1. The molecule has 0 aliphatic rings. The van der Waals surface area contributed by atoms with E-state index in [1.807, 2.05) is 66.7 Å². The summed E-state index contributed by atoms with van der Waals surface area (Å²) in [5.74, 6) is 0. The predicted molar refractivity (Wildman–Crippen MR) is 109 cm³/mol. The van der Waals surface area contributed by atoms with E-state index in [9.17, 15) is 4.55 Å². The molecule has 26 heavy (non-hydrogen) atoms.